The van der Waals surface area contributed by atoms with Crippen LogP contribution in [0.1, 0.15) is 0 Å². The summed E-state index contributed by atoms with van der Waals surface area (Å²) in [5, 5.41) is 4.07. The summed E-state index contributed by atoms with van der Waals surface area (Å²) in [7, 11) is 0. The van der Waals surface area contributed by atoms with Crippen LogP contribution in [0.4, 0.5) is 4.79 Å². The van der Waals surface area contributed by atoms with Crippen molar-refractivity contribution in [2.24, 2.45) is 0 Å². The summed E-state index contributed by atoms with van der Waals surface area (Å²) in [6.45, 7) is 0. The second kappa shape index (κ2) is 5.32. The van der Waals surface area contributed by atoms with Crippen LogP contribution in [0.5, 0.6) is 0 Å². The highest BCUT2D eigenvalue weighted by Gasteiger charge is 2.02. The second-order valence-corrected chi connectivity index (χ2v) is 1.86. The molecule has 10 heavy (non-hydrogen) atoms. The lowest BCUT2D eigenvalue weighted by molar-refractivity contribution is -0.117. The number of hydrogen-bond acceptors (Lipinski definition) is 2. The molecule has 0 saturated heterocycles. The van der Waals surface area contributed by atoms with Crippen LogP contribution in [0.25, 0.3) is 0 Å². The number of urea groups is 1. The molecule has 0 fully saturated rings. The summed E-state index contributed by atoms with van der Waals surface area (Å²) in [4.78, 5) is 20.8. The second-order valence-electron chi connectivity index (χ2n) is 1.32. The maximum atomic E-state index is 10.4. The number of rotatable bonds is 2. The molecule has 0 heterocycles. The first kappa shape index (κ1) is 9.52. The van der Waals surface area contributed by atoms with Gasteiger partial charge in [-0.1, -0.05) is 0 Å². The average molecular weight is 185 g/mol. The summed E-state index contributed by atoms with van der Waals surface area (Å²) in [5.41, 5.74) is 0. The third-order valence-electron chi connectivity index (χ3n) is 0.602. The normalized spacial score (nSPS) is 8.60. The lowest BCUT2D eigenvalue weighted by Gasteiger charge is -1.99. The highest BCUT2D eigenvalue weighted by Crippen LogP contribution is 1.74. The van der Waals surface area contributed by atoms with E-state index in [-0.39, 0.29) is 11.9 Å². The molecule has 6 heteroatoms. The van der Waals surface area contributed by atoms with Gasteiger partial charge in [-0.05, 0) is 0 Å². The number of carbonyl (C=O) groups is 2. The molecule has 0 radical (unpaired) electrons. The van der Waals surface area contributed by atoms with Crippen LogP contribution < -0.4 is 10.6 Å². The van der Waals surface area contributed by atoms with Crippen molar-refractivity contribution in [3.8, 4) is 0 Å². The van der Waals surface area contributed by atoms with Gasteiger partial charge in [0.1, 0.15) is 5.88 Å². The van der Waals surface area contributed by atoms with Crippen LogP contribution in [0.15, 0.2) is 0 Å². The van der Waals surface area contributed by atoms with Gasteiger partial charge in [0.15, 0.2) is 0 Å². The highest BCUT2D eigenvalue weighted by atomic mass is 35.5. The number of imide groups is 1. The van der Waals surface area contributed by atoms with Gasteiger partial charge >= 0.3 is 6.03 Å². The molecule has 0 aromatic heterocycles. The van der Waals surface area contributed by atoms with Crippen molar-refractivity contribution < 1.29 is 9.59 Å². The van der Waals surface area contributed by atoms with Gasteiger partial charge in [-0.2, -0.15) is 0 Å². The van der Waals surface area contributed by atoms with E-state index >= 15 is 0 Å². The largest absolute Gasteiger partial charge is 0.324 e. The summed E-state index contributed by atoms with van der Waals surface area (Å²) >= 11 is 10.2. The topological polar surface area (TPSA) is 58.2 Å². The first-order valence-electron chi connectivity index (χ1n) is 2.40. The predicted molar refractivity (Wildman–Crippen MR) is 38.1 cm³/mol. The molecule has 0 unspecified atom stereocenters. The van der Waals surface area contributed by atoms with Crippen LogP contribution in [0.2, 0.25) is 0 Å². The SMILES string of the molecule is O=C(CCl)NC(=O)NCCl. The number of carbonyl (C=O) groups excluding carboxylic acids is 2. The third-order valence-corrected chi connectivity index (χ3v) is 0.978. The average Bonchev–Trinajstić information content (AvgIpc) is 1.88. The number of nitrogens with one attached hydrogen (secondary N) is 2. The molecule has 2 N–H and O–H groups in total. The van der Waals surface area contributed by atoms with Gasteiger partial charge in [0.2, 0.25) is 5.91 Å². The molecule has 0 aliphatic carbocycles. The summed E-state index contributed by atoms with van der Waals surface area (Å²) in [6.07, 6.45) is 0. The van der Waals surface area contributed by atoms with Gasteiger partial charge in [0.05, 0.1) is 6.00 Å². The van der Waals surface area contributed by atoms with Gasteiger partial charge in [0, 0.05) is 0 Å². The lowest BCUT2D eigenvalue weighted by atomic mass is 10.7. The van der Waals surface area contributed by atoms with E-state index in [1.54, 1.807) is 0 Å². The van der Waals surface area contributed by atoms with Crippen LogP contribution in [-0.4, -0.2) is 23.8 Å². The Morgan fingerprint density at radius 1 is 1.30 bits per heavy atom. The molecule has 4 nitrogen and oxygen atoms in total. The van der Waals surface area contributed by atoms with Crippen LogP contribution in [-0.2, 0) is 4.79 Å². The minimum absolute atomic E-state index is 0.0403. The maximum absolute atomic E-state index is 10.4. The zero-order valence-corrected chi connectivity index (χ0v) is 6.50. The molecule has 0 aliphatic heterocycles. The Hall–Kier alpha value is -0.480. The maximum Gasteiger partial charge on any atom is 0.322 e. The van der Waals surface area contributed by atoms with Gasteiger partial charge in [-0.3, -0.25) is 10.1 Å². The Kier molecular flexibility index (Phi) is 5.06. The van der Waals surface area contributed by atoms with Crippen LogP contribution >= 0.6 is 23.2 Å². The first-order valence-corrected chi connectivity index (χ1v) is 3.47. The fourth-order valence-electron chi connectivity index (χ4n) is 0.265. The Bertz CT molecular complexity index is 139. The smallest absolute Gasteiger partial charge is 0.322 e. The third kappa shape index (κ3) is 4.40. The molecule has 0 spiro atoms. The van der Waals surface area contributed by atoms with Gasteiger partial charge in [-0.15, -0.1) is 23.2 Å². The summed E-state index contributed by atoms with van der Waals surface area (Å²) < 4.78 is 0. The van der Waals surface area contributed by atoms with E-state index in [1.165, 1.54) is 0 Å². The molecule has 0 saturated carbocycles. The monoisotopic (exact) mass is 184 g/mol. The van der Waals surface area contributed by atoms with Crippen molar-refractivity contribution in [1.29, 1.82) is 0 Å². The summed E-state index contributed by atoms with van der Waals surface area (Å²) in [5.74, 6) is -0.792. The van der Waals surface area contributed by atoms with Crippen molar-refractivity contribution in [1.82, 2.24) is 10.6 Å². The zero-order chi connectivity index (χ0) is 7.98. The van der Waals surface area contributed by atoms with E-state index < -0.39 is 11.9 Å². The van der Waals surface area contributed by atoms with E-state index in [9.17, 15) is 9.59 Å². The molecule has 0 rings (SSSR count). The molecule has 0 bridgehead atoms. The minimum atomic E-state index is -0.638. The molecule has 0 aromatic carbocycles. The van der Waals surface area contributed by atoms with Crippen molar-refractivity contribution in [3.05, 3.63) is 0 Å². The summed E-state index contributed by atoms with van der Waals surface area (Å²) in [6, 6.07) is -0.679. The van der Waals surface area contributed by atoms with Crippen molar-refractivity contribution in [2.75, 3.05) is 11.9 Å². The Labute approximate surface area is 67.9 Å². The van der Waals surface area contributed by atoms with Gasteiger partial charge in [-0.25, -0.2) is 4.79 Å². The quantitative estimate of drug-likeness (QED) is 0.478. The number of alkyl halides is 2. The Balaban J connectivity index is 3.47. The first-order chi connectivity index (χ1) is 4.70. The van der Waals surface area contributed by atoms with Crippen LogP contribution in [0.3, 0.4) is 0 Å². The molecule has 3 amide bonds. The van der Waals surface area contributed by atoms with Crippen molar-refractivity contribution >= 4 is 35.1 Å². The minimum Gasteiger partial charge on any atom is -0.324 e. The Morgan fingerprint density at radius 2 is 1.90 bits per heavy atom. The molecule has 0 aliphatic rings. The number of hydrogen-bond donors (Lipinski definition) is 2. The predicted octanol–water partition coefficient (Wildman–Crippen LogP) is 0.247. The standard InChI is InChI=1S/C4H6Cl2N2O2/c5-1-3(9)8-4(10)7-2-6/h1-2H2,(H2,7,8,9,10). The van der Waals surface area contributed by atoms with Crippen molar-refractivity contribution in [2.45, 2.75) is 0 Å². The molecule has 0 aromatic rings. The van der Waals surface area contributed by atoms with E-state index in [4.69, 9.17) is 23.2 Å². The number of halogens is 2. The van der Waals surface area contributed by atoms with E-state index in [0.717, 1.165) is 0 Å². The van der Waals surface area contributed by atoms with E-state index in [0.29, 0.717) is 0 Å². The fraction of sp³-hybridized carbons (Fsp3) is 0.500. The highest BCUT2D eigenvalue weighted by molar-refractivity contribution is 6.28. The molecule has 0 atom stereocenters. The van der Waals surface area contributed by atoms with Crippen molar-refractivity contribution in [3.63, 3.8) is 0 Å². The molecular weight excluding hydrogens is 179 g/mol. The lowest BCUT2D eigenvalue weighted by Crippen LogP contribution is -2.39. The van der Waals surface area contributed by atoms with E-state index in [2.05, 4.69) is 5.32 Å². The van der Waals surface area contributed by atoms with E-state index in [1.807, 2.05) is 5.32 Å². The Morgan fingerprint density at radius 3 is 2.30 bits per heavy atom. The molecule has 58 valence electrons. The number of amides is 3. The zero-order valence-electron chi connectivity index (χ0n) is 4.99. The van der Waals surface area contributed by atoms with Crippen LogP contribution in [0, 0.1) is 0 Å². The van der Waals surface area contributed by atoms with Gasteiger partial charge in [0.25, 0.3) is 0 Å². The molecular formula is C4H6Cl2N2O2. The fourth-order valence-corrected chi connectivity index (χ4v) is 0.453. The van der Waals surface area contributed by atoms with Gasteiger partial charge < -0.3 is 5.32 Å².